The Hall–Kier alpha value is -3.11. The first-order valence-corrected chi connectivity index (χ1v) is 11.4. The summed E-state index contributed by atoms with van der Waals surface area (Å²) in [6.45, 7) is 0.502. The zero-order valence-corrected chi connectivity index (χ0v) is 18.8. The van der Waals surface area contributed by atoms with Gasteiger partial charge >= 0.3 is 0 Å². The number of nitrogens with one attached hydrogen (secondary N) is 2. The van der Waals surface area contributed by atoms with Crippen LogP contribution in [0.3, 0.4) is 0 Å². The van der Waals surface area contributed by atoms with Crippen LogP contribution in [0.25, 0.3) is 5.65 Å². The van der Waals surface area contributed by atoms with Crippen molar-refractivity contribution in [3.05, 3.63) is 77.4 Å². The summed E-state index contributed by atoms with van der Waals surface area (Å²) in [6.07, 6.45) is 7.24. The Bertz CT molecular complexity index is 1190. The molecule has 4 aromatic rings. The van der Waals surface area contributed by atoms with E-state index in [4.69, 9.17) is 0 Å². The number of pyridine rings is 1. The van der Waals surface area contributed by atoms with Crippen LogP contribution < -0.4 is 10.6 Å². The van der Waals surface area contributed by atoms with E-state index in [0.717, 1.165) is 15.8 Å². The molecule has 3 heterocycles. The van der Waals surface area contributed by atoms with Crippen LogP contribution >= 0.6 is 27.7 Å². The van der Waals surface area contributed by atoms with Gasteiger partial charge in [0.2, 0.25) is 11.8 Å². The van der Waals surface area contributed by atoms with Crippen LogP contribution in [0, 0.1) is 0 Å². The zero-order valence-electron chi connectivity index (χ0n) is 16.4. The van der Waals surface area contributed by atoms with E-state index in [-0.39, 0.29) is 23.3 Å². The lowest BCUT2D eigenvalue weighted by Crippen LogP contribution is -2.18. The molecule has 2 amide bonds. The van der Waals surface area contributed by atoms with Crippen molar-refractivity contribution in [1.29, 1.82) is 0 Å². The second-order valence-electron chi connectivity index (χ2n) is 6.72. The molecule has 10 heteroatoms. The van der Waals surface area contributed by atoms with Crippen molar-refractivity contribution in [2.45, 2.75) is 6.54 Å². The minimum absolute atomic E-state index is 0.156. The molecule has 3 aromatic heterocycles. The maximum absolute atomic E-state index is 12.2. The molecule has 8 nitrogen and oxygen atoms in total. The summed E-state index contributed by atoms with van der Waals surface area (Å²) in [7, 11) is 0. The fraction of sp³-hybridized carbons (Fsp3) is 0.143. The van der Waals surface area contributed by atoms with Crippen molar-refractivity contribution in [2.24, 2.45) is 0 Å². The number of aromatic nitrogens is 4. The summed E-state index contributed by atoms with van der Waals surface area (Å²) in [5.41, 5.74) is 3.06. The van der Waals surface area contributed by atoms with Crippen molar-refractivity contribution < 1.29 is 9.59 Å². The number of fused-ring (bicyclic) bond motifs is 1. The summed E-state index contributed by atoms with van der Waals surface area (Å²) in [4.78, 5) is 28.7. The summed E-state index contributed by atoms with van der Waals surface area (Å²) in [6, 6.07) is 13.2. The van der Waals surface area contributed by atoms with Gasteiger partial charge in [-0.1, -0.05) is 28.1 Å². The van der Waals surface area contributed by atoms with E-state index in [9.17, 15) is 9.59 Å². The second-order valence-corrected chi connectivity index (χ2v) is 8.63. The van der Waals surface area contributed by atoms with Crippen molar-refractivity contribution in [3.8, 4) is 0 Å². The monoisotopic (exact) mass is 498 g/mol. The molecule has 0 fully saturated rings. The lowest BCUT2D eigenvalue weighted by Gasteiger charge is -2.06. The summed E-state index contributed by atoms with van der Waals surface area (Å²) in [5, 5.41) is 9.87. The van der Waals surface area contributed by atoms with Gasteiger partial charge in [0.1, 0.15) is 5.65 Å². The Morgan fingerprint density at radius 3 is 2.58 bits per heavy atom. The van der Waals surface area contributed by atoms with Crippen molar-refractivity contribution in [3.63, 3.8) is 0 Å². The Morgan fingerprint density at radius 2 is 1.81 bits per heavy atom. The number of thioether (sulfide) groups is 1. The lowest BCUT2D eigenvalue weighted by molar-refractivity contribution is -0.114. The molecular weight excluding hydrogens is 480 g/mol. The third-order valence-corrected chi connectivity index (χ3v) is 5.66. The molecule has 0 aliphatic carbocycles. The van der Waals surface area contributed by atoms with Crippen LogP contribution in [0.1, 0.15) is 5.69 Å². The van der Waals surface area contributed by atoms with Gasteiger partial charge in [0, 0.05) is 28.8 Å². The van der Waals surface area contributed by atoms with E-state index in [2.05, 4.69) is 36.6 Å². The van der Waals surface area contributed by atoms with Gasteiger partial charge in [0.25, 0.3) is 0 Å². The van der Waals surface area contributed by atoms with Crippen LogP contribution in [-0.2, 0) is 16.1 Å². The number of nitrogens with zero attached hydrogens (tertiary/aromatic N) is 4. The van der Waals surface area contributed by atoms with E-state index in [1.807, 2.05) is 59.3 Å². The Kier molecular flexibility index (Phi) is 6.68. The summed E-state index contributed by atoms with van der Waals surface area (Å²) in [5.74, 6) is 0.0140. The van der Waals surface area contributed by atoms with Crippen molar-refractivity contribution in [1.82, 2.24) is 19.2 Å². The molecule has 0 radical (unpaired) electrons. The number of rotatable bonds is 8. The number of amides is 2. The predicted molar refractivity (Wildman–Crippen MR) is 125 cm³/mol. The average Bonchev–Trinajstić information content (AvgIpc) is 3.34. The highest BCUT2D eigenvalue weighted by Crippen LogP contribution is 2.16. The van der Waals surface area contributed by atoms with Crippen LogP contribution in [0.15, 0.2) is 71.7 Å². The third-order valence-electron chi connectivity index (χ3n) is 4.23. The SMILES string of the molecule is O=C(CSCC(=O)Nc1cnn(Cc2cn3ccccc3n2)c1)Nc1cccc(Br)c1. The molecule has 0 saturated heterocycles. The maximum atomic E-state index is 12.2. The van der Waals surface area contributed by atoms with Crippen LogP contribution in [-0.4, -0.2) is 42.5 Å². The minimum Gasteiger partial charge on any atom is -0.325 e. The zero-order chi connectivity index (χ0) is 21.6. The highest BCUT2D eigenvalue weighted by atomic mass is 79.9. The molecule has 0 aliphatic rings. The molecular formula is C21H19BrN6O2S. The molecule has 31 heavy (non-hydrogen) atoms. The fourth-order valence-corrected chi connectivity index (χ4v) is 3.96. The molecule has 4 rings (SSSR count). The van der Waals surface area contributed by atoms with E-state index in [1.54, 1.807) is 17.1 Å². The molecule has 0 saturated carbocycles. The largest absolute Gasteiger partial charge is 0.325 e. The Morgan fingerprint density at radius 1 is 1.00 bits per heavy atom. The molecule has 0 unspecified atom stereocenters. The number of hydrogen-bond acceptors (Lipinski definition) is 5. The number of hydrogen-bond donors (Lipinski definition) is 2. The summed E-state index contributed by atoms with van der Waals surface area (Å²) >= 11 is 4.61. The minimum atomic E-state index is -0.187. The maximum Gasteiger partial charge on any atom is 0.234 e. The van der Waals surface area contributed by atoms with Crippen molar-refractivity contribution >= 4 is 56.5 Å². The Balaban J connectivity index is 1.22. The van der Waals surface area contributed by atoms with Crippen LogP contribution in [0.2, 0.25) is 0 Å². The van der Waals surface area contributed by atoms with Gasteiger partial charge in [0.05, 0.1) is 35.6 Å². The first kappa shape index (κ1) is 21.1. The molecule has 158 valence electrons. The summed E-state index contributed by atoms with van der Waals surface area (Å²) < 4.78 is 4.56. The fourth-order valence-electron chi connectivity index (χ4n) is 2.94. The number of anilines is 2. The van der Waals surface area contributed by atoms with Gasteiger partial charge in [0.15, 0.2) is 0 Å². The van der Waals surface area contributed by atoms with Gasteiger partial charge in [-0.25, -0.2) is 4.98 Å². The van der Waals surface area contributed by atoms with Gasteiger partial charge in [-0.3, -0.25) is 14.3 Å². The number of halogens is 1. The van der Waals surface area contributed by atoms with Crippen LogP contribution in [0.5, 0.6) is 0 Å². The molecule has 2 N–H and O–H groups in total. The molecule has 0 atom stereocenters. The smallest absolute Gasteiger partial charge is 0.234 e. The van der Waals surface area contributed by atoms with E-state index < -0.39 is 0 Å². The topological polar surface area (TPSA) is 93.3 Å². The predicted octanol–water partition coefficient (Wildman–Crippen LogP) is 3.65. The molecule has 1 aromatic carbocycles. The van der Waals surface area contributed by atoms with Gasteiger partial charge in [-0.2, -0.15) is 5.10 Å². The first-order valence-electron chi connectivity index (χ1n) is 9.43. The third kappa shape index (κ3) is 5.96. The first-order chi connectivity index (χ1) is 15.0. The average molecular weight is 499 g/mol. The number of imidazole rings is 1. The normalized spacial score (nSPS) is 10.9. The highest BCUT2D eigenvalue weighted by Gasteiger charge is 2.09. The van der Waals surface area contributed by atoms with Crippen LogP contribution in [0.4, 0.5) is 11.4 Å². The quantitative estimate of drug-likeness (QED) is 0.386. The Labute approximate surface area is 191 Å². The van der Waals surface area contributed by atoms with Gasteiger partial charge in [-0.15, -0.1) is 11.8 Å². The van der Waals surface area contributed by atoms with Gasteiger partial charge in [-0.05, 0) is 30.3 Å². The van der Waals surface area contributed by atoms with Crippen molar-refractivity contribution in [2.75, 3.05) is 22.1 Å². The molecule has 0 bridgehead atoms. The van der Waals surface area contributed by atoms with E-state index in [1.165, 1.54) is 11.8 Å². The second kappa shape index (κ2) is 9.80. The van der Waals surface area contributed by atoms with Gasteiger partial charge < -0.3 is 15.0 Å². The van der Waals surface area contributed by atoms with E-state index in [0.29, 0.717) is 17.9 Å². The molecule has 0 spiro atoms. The number of carbonyl (C=O) groups excluding carboxylic acids is 2. The standard InChI is InChI=1S/C21H19BrN6O2S/c22-15-4-3-5-16(8-15)25-20(29)13-31-14-21(30)26-17-9-23-28(11-17)12-18-10-27-7-2-1-6-19(27)24-18/h1-11H,12-14H2,(H,25,29)(H,26,30). The molecule has 0 aliphatic heterocycles. The number of benzene rings is 1. The number of carbonyl (C=O) groups is 2. The highest BCUT2D eigenvalue weighted by molar-refractivity contribution is 9.10. The van der Waals surface area contributed by atoms with E-state index >= 15 is 0 Å². The lowest BCUT2D eigenvalue weighted by atomic mass is 10.3.